The van der Waals surface area contributed by atoms with Crippen molar-refractivity contribution in [3.63, 3.8) is 0 Å². The summed E-state index contributed by atoms with van der Waals surface area (Å²) in [4.78, 5) is 11.8. The zero-order chi connectivity index (χ0) is 12.6. The number of rotatable bonds is 1. The fraction of sp³-hybridized carbons (Fsp3) is 0.385. The average molecular weight is 231 g/mol. The second-order valence-electron chi connectivity index (χ2n) is 4.01. The Morgan fingerprint density at radius 3 is 2.65 bits per heavy atom. The molecule has 1 aromatic carbocycles. The van der Waals surface area contributed by atoms with Gasteiger partial charge in [0.2, 0.25) is 0 Å². The van der Waals surface area contributed by atoms with Gasteiger partial charge in [-0.2, -0.15) is 5.26 Å². The average Bonchev–Trinajstić information content (AvgIpc) is 2.32. The van der Waals surface area contributed by atoms with Crippen LogP contribution in [0.2, 0.25) is 0 Å². The molecular weight excluding hydrogens is 218 g/mol. The van der Waals surface area contributed by atoms with Gasteiger partial charge in [0.1, 0.15) is 11.3 Å². The highest BCUT2D eigenvalue weighted by atomic mass is 16.5. The first-order valence-electron chi connectivity index (χ1n) is 5.39. The third kappa shape index (κ3) is 1.55. The summed E-state index contributed by atoms with van der Waals surface area (Å²) in [5.74, 6) is 0.129. The van der Waals surface area contributed by atoms with Crippen molar-refractivity contribution in [1.82, 2.24) is 0 Å². The number of ether oxygens (including phenoxy) is 2. The van der Waals surface area contributed by atoms with Gasteiger partial charge >= 0.3 is 5.97 Å². The normalized spacial score (nSPS) is 13.6. The molecule has 17 heavy (non-hydrogen) atoms. The summed E-state index contributed by atoms with van der Waals surface area (Å²) in [7, 11) is 1.52. The zero-order valence-corrected chi connectivity index (χ0v) is 10.1. The number of cyclic esters (lactones) is 1. The molecule has 2 rings (SSSR count). The first-order valence-corrected chi connectivity index (χ1v) is 5.39. The maximum atomic E-state index is 11.8. The molecule has 1 aromatic rings. The Balaban J connectivity index is 2.86. The van der Waals surface area contributed by atoms with E-state index in [4.69, 9.17) is 9.47 Å². The zero-order valence-electron chi connectivity index (χ0n) is 10.1. The van der Waals surface area contributed by atoms with E-state index >= 15 is 0 Å². The highest BCUT2D eigenvalue weighted by molar-refractivity contribution is 5.96. The van der Waals surface area contributed by atoms with E-state index in [1.165, 1.54) is 7.11 Å². The summed E-state index contributed by atoms with van der Waals surface area (Å²) in [6, 6.07) is 2.17. The van der Waals surface area contributed by atoms with Gasteiger partial charge in [-0.15, -0.1) is 0 Å². The van der Waals surface area contributed by atoms with Gasteiger partial charge in [0.25, 0.3) is 0 Å². The number of carbonyl (C=O) groups excluding carboxylic acids is 1. The van der Waals surface area contributed by atoms with Crippen LogP contribution < -0.4 is 4.74 Å². The summed E-state index contributed by atoms with van der Waals surface area (Å²) in [5, 5.41) is 9.21. The Morgan fingerprint density at radius 1 is 1.35 bits per heavy atom. The first kappa shape index (κ1) is 11.5. The van der Waals surface area contributed by atoms with Crippen LogP contribution in [0.15, 0.2) is 0 Å². The van der Waals surface area contributed by atoms with Gasteiger partial charge in [-0.05, 0) is 30.5 Å². The quantitative estimate of drug-likeness (QED) is 0.692. The summed E-state index contributed by atoms with van der Waals surface area (Å²) in [6.45, 7) is 4.04. The number of methoxy groups -OCH3 is 1. The lowest BCUT2D eigenvalue weighted by molar-refractivity contribution is 0.0475. The Kier molecular flexibility index (Phi) is 2.76. The standard InChI is InChI=1S/C13H13NO3/c1-7-8(2)12(16-3)11-9(10(7)6-14)4-5-17-13(11)15/h4-5H2,1-3H3. The number of hydrogen-bond acceptors (Lipinski definition) is 4. The molecule has 0 radical (unpaired) electrons. The van der Waals surface area contributed by atoms with Gasteiger partial charge in [0.05, 0.1) is 25.3 Å². The molecule has 1 heterocycles. The van der Waals surface area contributed by atoms with Crippen molar-refractivity contribution < 1.29 is 14.3 Å². The number of nitrogens with zero attached hydrogens (tertiary/aromatic N) is 1. The van der Waals surface area contributed by atoms with Gasteiger partial charge in [0.15, 0.2) is 0 Å². The lowest BCUT2D eigenvalue weighted by atomic mass is 9.89. The van der Waals surface area contributed by atoms with E-state index in [2.05, 4.69) is 6.07 Å². The van der Waals surface area contributed by atoms with Crippen molar-refractivity contribution in [2.24, 2.45) is 0 Å². The minimum absolute atomic E-state index is 0.326. The van der Waals surface area contributed by atoms with E-state index in [-0.39, 0.29) is 0 Å². The smallest absolute Gasteiger partial charge is 0.342 e. The van der Waals surface area contributed by atoms with Gasteiger partial charge in [0, 0.05) is 6.42 Å². The Bertz CT molecular complexity index is 541. The van der Waals surface area contributed by atoms with Gasteiger partial charge in [-0.25, -0.2) is 4.79 Å². The molecule has 0 spiro atoms. The largest absolute Gasteiger partial charge is 0.496 e. The molecule has 88 valence electrons. The minimum Gasteiger partial charge on any atom is -0.496 e. The highest BCUT2D eigenvalue weighted by Gasteiger charge is 2.29. The number of fused-ring (bicyclic) bond motifs is 1. The molecule has 0 bridgehead atoms. The molecule has 4 heteroatoms. The van der Waals surface area contributed by atoms with Crippen LogP contribution in [0.4, 0.5) is 0 Å². The number of nitriles is 1. The van der Waals surface area contributed by atoms with E-state index in [0.717, 1.165) is 16.7 Å². The molecule has 0 saturated carbocycles. The Hall–Kier alpha value is -2.02. The molecule has 0 saturated heterocycles. The van der Waals surface area contributed by atoms with Crippen LogP contribution in [0.1, 0.15) is 32.6 Å². The molecule has 0 atom stereocenters. The monoisotopic (exact) mass is 231 g/mol. The maximum absolute atomic E-state index is 11.8. The van der Waals surface area contributed by atoms with E-state index in [9.17, 15) is 10.1 Å². The van der Waals surface area contributed by atoms with E-state index in [1.54, 1.807) is 0 Å². The first-order chi connectivity index (χ1) is 8.11. The van der Waals surface area contributed by atoms with Crippen LogP contribution in [-0.4, -0.2) is 19.7 Å². The lowest BCUT2D eigenvalue weighted by Gasteiger charge is -2.22. The van der Waals surface area contributed by atoms with Crippen molar-refractivity contribution in [2.75, 3.05) is 13.7 Å². The molecule has 1 aliphatic heterocycles. The minimum atomic E-state index is -0.400. The molecule has 0 aromatic heterocycles. The van der Waals surface area contributed by atoms with Gasteiger partial charge < -0.3 is 9.47 Å². The van der Waals surface area contributed by atoms with Crippen molar-refractivity contribution >= 4 is 5.97 Å². The molecule has 0 aliphatic carbocycles. The van der Waals surface area contributed by atoms with Crippen LogP contribution in [0.25, 0.3) is 0 Å². The highest BCUT2D eigenvalue weighted by Crippen LogP contribution is 2.35. The maximum Gasteiger partial charge on any atom is 0.342 e. The number of esters is 1. The molecular formula is C13H13NO3. The van der Waals surface area contributed by atoms with Crippen LogP contribution >= 0.6 is 0 Å². The molecule has 4 nitrogen and oxygen atoms in total. The van der Waals surface area contributed by atoms with Crippen molar-refractivity contribution in [3.05, 3.63) is 27.8 Å². The van der Waals surface area contributed by atoms with E-state index in [1.807, 2.05) is 13.8 Å². The van der Waals surface area contributed by atoms with Crippen LogP contribution in [0, 0.1) is 25.2 Å². The number of hydrogen-bond donors (Lipinski definition) is 0. The second-order valence-corrected chi connectivity index (χ2v) is 4.01. The summed E-state index contributed by atoms with van der Waals surface area (Å²) >= 11 is 0. The van der Waals surface area contributed by atoms with Crippen LogP contribution in [0.3, 0.4) is 0 Å². The third-order valence-corrected chi connectivity index (χ3v) is 3.21. The number of carbonyl (C=O) groups is 1. The third-order valence-electron chi connectivity index (χ3n) is 3.21. The van der Waals surface area contributed by atoms with E-state index in [0.29, 0.717) is 29.9 Å². The predicted molar refractivity (Wildman–Crippen MR) is 61.2 cm³/mol. The summed E-state index contributed by atoms with van der Waals surface area (Å²) in [5.41, 5.74) is 3.44. The molecule has 0 amide bonds. The molecule has 0 N–H and O–H groups in total. The van der Waals surface area contributed by atoms with E-state index < -0.39 is 5.97 Å². The predicted octanol–water partition coefficient (Wildman–Crippen LogP) is 1.90. The van der Waals surface area contributed by atoms with Crippen molar-refractivity contribution in [3.8, 4) is 11.8 Å². The Labute approximate surface area is 99.8 Å². The SMILES string of the molecule is COc1c(C)c(C)c(C#N)c2c1C(=O)OCC2. The number of benzene rings is 1. The fourth-order valence-electron chi connectivity index (χ4n) is 2.22. The van der Waals surface area contributed by atoms with Crippen LogP contribution in [0.5, 0.6) is 5.75 Å². The van der Waals surface area contributed by atoms with Gasteiger partial charge in [-0.3, -0.25) is 0 Å². The Morgan fingerprint density at radius 2 is 2.06 bits per heavy atom. The van der Waals surface area contributed by atoms with Crippen molar-refractivity contribution in [2.45, 2.75) is 20.3 Å². The topological polar surface area (TPSA) is 59.3 Å². The molecule has 1 aliphatic rings. The van der Waals surface area contributed by atoms with Gasteiger partial charge in [-0.1, -0.05) is 0 Å². The summed E-state index contributed by atoms with van der Waals surface area (Å²) in [6.07, 6.45) is 0.571. The lowest BCUT2D eigenvalue weighted by Crippen LogP contribution is -2.21. The summed E-state index contributed by atoms with van der Waals surface area (Å²) < 4.78 is 10.3. The van der Waals surface area contributed by atoms with Crippen LogP contribution in [-0.2, 0) is 11.2 Å². The fourth-order valence-corrected chi connectivity index (χ4v) is 2.22. The van der Waals surface area contributed by atoms with Crippen molar-refractivity contribution in [1.29, 1.82) is 5.26 Å². The molecule has 0 fully saturated rings. The second kappa shape index (κ2) is 4.10. The molecule has 0 unspecified atom stereocenters.